The normalized spacial score (nSPS) is 20.3. The second kappa shape index (κ2) is 13.3. The lowest BCUT2D eigenvalue weighted by Gasteiger charge is -2.25. The Bertz CT molecular complexity index is 640. The summed E-state index contributed by atoms with van der Waals surface area (Å²) in [7, 11) is 1.90. The summed E-state index contributed by atoms with van der Waals surface area (Å²) in [5.74, 6) is 2.89. The first-order chi connectivity index (χ1) is 14.2. The van der Waals surface area contributed by atoms with Crippen molar-refractivity contribution in [2.24, 2.45) is 10.9 Å². The van der Waals surface area contributed by atoms with Crippen molar-refractivity contribution in [3.05, 3.63) is 23.9 Å². The van der Waals surface area contributed by atoms with Crippen LogP contribution in [0.2, 0.25) is 0 Å². The van der Waals surface area contributed by atoms with Crippen molar-refractivity contribution < 1.29 is 0 Å². The third-order valence-corrected chi connectivity index (χ3v) is 6.40. The van der Waals surface area contributed by atoms with Crippen molar-refractivity contribution in [2.75, 3.05) is 57.8 Å². The van der Waals surface area contributed by atoms with E-state index in [-0.39, 0.29) is 24.0 Å². The van der Waals surface area contributed by atoms with Crippen molar-refractivity contribution >= 4 is 35.8 Å². The van der Waals surface area contributed by atoms with E-state index in [1.54, 1.807) is 0 Å². The molecule has 1 unspecified atom stereocenters. The Morgan fingerprint density at radius 3 is 2.57 bits per heavy atom. The highest BCUT2D eigenvalue weighted by molar-refractivity contribution is 14.0. The molecule has 2 aliphatic heterocycles. The summed E-state index contributed by atoms with van der Waals surface area (Å²) in [4.78, 5) is 16.6. The Morgan fingerprint density at radius 1 is 1.17 bits per heavy atom. The average Bonchev–Trinajstić information content (AvgIpc) is 3.04. The summed E-state index contributed by atoms with van der Waals surface area (Å²) in [6.07, 6.45) is 8.46. The minimum absolute atomic E-state index is 0. The van der Waals surface area contributed by atoms with Gasteiger partial charge < -0.3 is 20.0 Å². The highest BCUT2D eigenvalue weighted by Gasteiger charge is 2.25. The number of aromatic nitrogens is 1. The number of anilines is 1. The molecule has 170 valence electrons. The van der Waals surface area contributed by atoms with Crippen LogP contribution in [0, 0.1) is 5.92 Å². The van der Waals surface area contributed by atoms with E-state index in [0.717, 1.165) is 63.5 Å². The van der Waals surface area contributed by atoms with Crippen LogP contribution in [0.3, 0.4) is 0 Å². The van der Waals surface area contributed by atoms with Crippen LogP contribution in [0.1, 0.15) is 51.5 Å². The van der Waals surface area contributed by atoms with E-state index in [1.165, 1.54) is 44.2 Å². The summed E-state index contributed by atoms with van der Waals surface area (Å²) in [6.45, 7) is 13.3. The van der Waals surface area contributed by atoms with Crippen molar-refractivity contribution in [2.45, 2.75) is 52.5 Å². The van der Waals surface area contributed by atoms with Gasteiger partial charge in [0.1, 0.15) is 5.82 Å². The summed E-state index contributed by atoms with van der Waals surface area (Å²) >= 11 is 0. The molecule has 2 aliphatic rings. The standard InChI is InChI=1S/C23H40N6.HI/c1-4-27(5-2)18-21-11-15-29(19-21)23(24-3)26-17-20-10-12-25-22(16-20)28-13-8-6-7-9-14-28;/h10,12,16,21H,4-9,11,13-15,17-19H2,1-3H3,(H,24,26);1H. The maximum absolute atomic E-state index is 4.64. The molecule has 1 aromatic heterocycles. The van der Waals surface area contributed by atoms with Gasteiger partial charge in [-0.25, -0.2) is 4.98 Å². The van der Waals surface area contributed by atoms with Crippen molar-refractivity contribution in [3.63, 3.8) is 0 Å². The van der Waals surface area contributed by atoms with E-state index in [4.69, 9.17) is 0 Å². The van der Waals surface area contributed by atoms with Gasteiger partial charge in [0.25, 0.3) is 0 Å². The van der Waals surface area contributed by atoms with Gasteiger partial charge in [0, 0.05) is 52.5 Å². The molecule has 2 fully saturated rings. The fourth-order valence-electron chi connectivity index (χ4n) is 4.58. The molecule has 0 spiro atoms. The molecule has 3 rings (SSSR count). The van der Waals surface area contributed by atoms with Gasteiger partial charge in [0.15, 0.2) is 5.96 Å². The quantitative estimate of drug-likeness (QED) is 0.331. The lowest BCUT2D eigenvalue weighted by molar-refractivity contribution is 0.255. The second-order valence-electron chi connectivity index (χ2n) is 8.41. The summed E-state index contributed by atoms with van der Waals surface area (Å²) < 4.78 is 0. The van der Waals surface area contributed by atoms with Crippen molar-refractivity contribution in [1.82, 2.24) is 20.1 Å². The van der Waals surface area contributed by atoms with E-state index < -0.39 is 0 Å². The molecule has 0 aromatic carbocycles. The molecular weight excluding hydrogens is 487 g/mol. The first-order valence-corrected chi connectivity index (χ1v) is 11.6. The highest BCUT2D eigenvalue weighted by atomic mass is 127. The van der Waals surface area contributed by atoms with Crippen LogP contribution in [-0.4, -0.2) is 73.6 Å². The van der Waals surface area contributed by atoms with Gasteiger partial charge in [-0.15, -0.1) is 24.0 Å². The lowest BCUT2D eigenvalue weighted by Crippen LogP contribution is -2.40. The van der Waals surface area contributed by atoms with Gasteiger partial charge in [-0.3, -0.25) is 4.99 Å². The molecule has 1 aromatic rings. The Hall–Kier alpha value is -1.09. The van der Waals surface area contributed by atoms with E-state index >= 15 is 0 Å². The minimum atomic E-state index is 0. The molecule has 0 aliphatic carbocycles. The van der Waals surface area contributed by atoms with Crippen LogP contribution in [-0.2, 0) is 6.54 Å². The first-order valence-electron chi connectivity index (χ1n) is 11.6. The van der Waals surface area contributed by atoms with Gasteiger partial charge in [-0.05, 0) is 56.0 Å². The summed E-state index contributed by atoms with van der Waals surface area (Å²) in [5.41, 5.74) is 1.28. The molecule has 30 heavy (non-hydrogen) atoms. The van der Waals surface area contributed by atoms with E-state index in [2.05, 4.69) is 56.0 Å². The number of guanidine groups is 1. The highest BCUT2D eigenvalue weighted by Crippen LogP contribution is 2.19. The zero-order valence-corrected chi connectivity index (χ0v) is 21.5. The first kappa shape index (κ1) is 25.2. The maximum atomic E-state index is 4.64. The summed E-state index contributed by atoms with van der Waals surface area (Å²) in [6, 6.07) is 4.37. The number of pyridine rings is 1. The Labute approximate surface area is 200 Å². The molecule has 0 amide bonds. The number of likely N-dealkylation sites (tertiary alicyclic amines) is 1. The smallest absolute Gasteiger partial charge is 0.193 e. The Balaban J connectivity index is 0.00000320. The van der Waals surface area contributed by atoms with E-state index in [0.29, 0.717) is 0 Å². The lowest BCUT2D eigenvalue weighted by atomic mass is 10.1. The zero-order chi connectivity index (χ0) is 20.5. The van der Waals surface area contributed by atoms with Crippen molar-refractivity contribution in [1.29, 1.82) is 0 Å². The van der Waals surface area contributed by atoms with Crippen LogP contribution in [0.4, 0.5) is 5.82 Å². The molecule has 0 saturated carbocycles. The van der Waals surface area contributed by atoms with E-state index in [9.17, 15) is 0 Å². The molecule has 3 heterocycles. The monoisotopic (exact) mass is 528 g/mol. The SMILES string of the molecule is CCN(CC)CC1CCN(C(=NC)NCc2ccnc(N3CCCCCC3)c2)C1.I. The van der Waals surface area contributed by atoms with Crippen LogP contribution in [0.15, 0.2) is 23.3 Å². The van der Waals surface area contributed by atoms with E-state index in [1.807, 2.05) is 13.2 Å². The zero-order valence-electron chi connectivity index (χ0n) is 19.1. The number of rotatable bonds is 7. The second-order valence-corrected chi connectivity index (χ2v) is 8.41. The number of hydrogen-bond donors (Lipinski definition) is 1. The average molecular weight is 529 g/mol. The molecule has 6 nitrogen and oxygen atoms in total. The molecule has 7 heteroatoms. The third-order valence-electron chi connectivity index (χ3n) is 6.40. The maximum Gasteiger partial charge on any atom is 0.193 e. The van der Waals surface area contributed by atoms with Crippen LogP contribution in [0.5, 0.6) is 0 Å². The largest absolute Gasteiger partial charge is 0.357 e. The minimum Gasteiger partial charge on any atom is -0.357 e. The fourth-order valence-corrected chi connectivity index (χ4v) is 4.58. The molecular formula is C23H41IN6. The topological polar surface area (TPSA) is 47.0 Å². The number of nitrogens with zero attached hydrogens (tertiary/aromatic N) is 5. The molecule has 1 atom stereocenters. The molecule has 2 saturated heterocycles. The van der Waals surface area contributed by atoms with Crippen LogP contribution in [0.25, 0.3) is 0 Å². The van der Waals surface area contributed by atoms with Gasteiger partial charge in [-0.2, -0.15) is 0 Å². The number of hydrogen-bond acceptors (Lipinski definition) is 4. The van der Waals surface area contributed by atoms with Gasteiger partial charge in [0.2, 0.25) is 0 Å². The van der Waals surface area contributed by atoms with Crippen LogP contribution >= 0.6 is 24.0 Å². The predicted molar refractivity (Wildman–Crippen MR) is 138 cm³/mol. The van der Waals surface area contributed by atoms with Gasteiger partial charge >= 0.3 is 0 Å². The number of nitrogens with one attached hydrogen (secondary N) is 1. The molecule has 0 bridgehead atoms. The Morgan fingerprint density at radius 2 is 1.90 bits per heavy atom. The van der Waals surface area contributed by atoms with Crippen LogP contribution < -0.4 is 10.2 Å². The van der Waals surface area contributed by atoms with Gasteiger partial charge in [-0.1, -0.05) is 26.7 Å². The predicted octanol–water partition coefficient (Wildman–Crippen LogP) is 3.82. The molecule has 1 N–H and O–H groups in total. The number of aliphatic imine (C=N–C) groups is 1. The fraction of sp³-hybridized carbons (Fsp3) is 0.739. The van der Waals surface area contributed by atoms with Crippen molar-refractivity contribution in [3.8, 4) is 0 Å². The molecule has 0 radical (unpaired) electrons. The third kappa shape index (κ3) is 7.25. The number of halogens is 1. The van der Waals surface area contributed by atoms with Gasteiger partial charge in [0.05, 0.1) is 0 Å². The Kier molecular flexibility index (Phi) is 11.2. The summed E-state index contributed by atoms with van der Waals surface area (Å²) in [5, 5.41) is 3.59.